The van der Waals surface area contributed by atoms with Crippen molar-refractivity contribution in [3.8, 4) is 0 Å². The number of hydrogen-bond donors (Lipinski definition) is 1. The Morgan fingerprint density at radius 2 is 1.50 bits per heavy atom. The Kier molecular flexibility index (Phi) is 4.98. The number of likely N-dealkylation sites (tertiary alicyclic amines) is 1. The van der Waals surface area contributed by atoms with E-state index in [1.807, 2.05) is 0 Å². The van der Waals surface area contributed by atoms with E-state index >= 15 is 0 Å². The first-order valence-electron chi connectivity index (χ1n) is 6.94. The minimum absolute atomic E-state index is 0.932. The van der Waals surface area contributed by atoms with Gasteiger partial charge in [-0.1, -0.05) is 26.2 Å². The maximum Gasteiger partial charge on any atom is 0.00901 e. The highest BCUT2D eigenvalue weighted by atomic mass is 32.1. The van der Waals surface area contributed by atoms with Gasteiger partial charge in [-0.15, -0.1) is 0 Å². The lowest BCUT2D eigenvalue weighted by Crippen LogP contribution is -2.39. The second-order valence-corrected chi connectivity index (χ2v) is 6.11. The van der Waals surface area contributed by atoms with Crippen LogP contribution in [0, 0.1) is 11.8 Å². The molecule has 0 unspecified atom stereocenters. The van der Waals surface area contributed by atoms with Crippen LogP contribution in [0.5, 0.6) is 0 Å². The zero-order chi connectivity index (χ0) is 11.4. The number of rotatable bonds is 3. The van der Waals surface area contributed by atoms with Gasteiger partial charge in [-0.3, -0.25) is 4.31 Å². The van der Waals surface area contributed by atoms with Gasteiger partial charge in [-0.2, -0.15) is 0 Å². The van der Waals surface area contributed by atoms with Crippen LogP contribution in [0.2, 0.25) is 0 Å². The van der Waals surface area contributed by atoms with Crippen molar-refractivity contribution in [2.24, 2.45) is 11.8 Å². The summed E-state index contributed by atoms with van der Waals surface area (Å²) in [4.78, 5) is 2.70. The van der Waals surface area contributed by atoms with Gasteiger partial charge in [0.15, 0.2) is 0 Å². The largest absolute Gasteiger partial charge is 0.303 e. The van der Waals surface area contributed by atoms with E-state index in [0.717, 1.165) is 11.8 Å². The lowest BCUT2D eigenvalue weighted by Gasteiger charge is -2.36. The molecule has 16 heavy (non-hydrogen) atoms. The fourth-order valence-electron chi connectivity index (χ4n) is 3.04. The Balaban J connectivity index is 1.66. The van der Waals surface area contributed by atoms with Crippen molar-refractivity contribution in [3.63, 3.8) is 0 Å². The highest BCUT2D eigenvalue weighted by Crippen LogP contribution is 2.24. The monoisotopic (exact) mass is 242 g/mol. The zero-order valence-electron chi connectivity index (χ0n) is 10.6. The van der Waals surface area contributed by atoms with E-state index in [4.69, 9.17) is 0 Å². The molecule has 3 heteroatoms. The molecule has 2 rings (SSSR count). The fraction of sp³-hybridized carbons (Fsp3) is 1.00. The summed E-state index contributed by atoms with van der Waals surface area (Å²) in [5, 5.41) is 0. The topological polar surface area (TPSA) is 6.48 Å². The van der Waals surface area contributed by atoms with Gasteiger partial charge in [0.2, 0.25) is 0 Å². The second kappa shape index (κ2) is 6.27. The summed E-state index contributed by atoms with van der Waals surface area (Å²) in [6.07, 6.45) is 6.93. The van der Waals surface area contributed by atoms with E-state index in [1.54, 1.807) is 0 Å². The van der Waals surface area contributed by atoms with Crippen LogP contribution in [-0.2, 0) is 0 Å². The molecule has 2 aliphatic rings. The van der Waals surface area contributed by atoms with Gasteiger partial charge >= 0.3 is 0 Å². The summed E-state index contributed by atoms with van der Waals surface area (Å²) >= 11 is 4.41. The van der Waals surface area contributed by atoms with Gasteiger partial charge in [0.25, 0.3) is 0 Å². The van der Waals surface area contributed by atoms with Gasteiger partial charge < -0.3 is 4.90 Å². The van der Waals surface area contributed by atoms with E-state index in [0.29, 0.717) is 0 Å². The smallest absolute Gasteiger partial charge is 0.00901 e. The van der Waals surface area contributed by atoms with Crippen molar-refractivity contribution in [2.75, 3.05) is 32.7 Å². The minimum Gasteiger partial charge on any atom is -0.303 e. The third-order valence-corrected chi connectivity index (χ3v) is 4.79. The summed E-state index contributed by atoms with van der Waals surface area (Å²) < 4.78 is 2.17. The van der Waals surface area contributed by atoms with Crippen LogP contribution in [0.25, 0.3) is 0 Å². The van der Waals surface area contributed by atoms with Crippen molar-refractivity contribution < 1.29 is 0 Å². The van der Waals surface area contributed by atoms with Crippen LogP contribution in [0.1, 0.15) is 39.0 Å². The Hall–Kier alpha value is 0.270. The third kappa shape index (κ3) is 3.64. The maximum atomic E-state index is 4.41. The standard InChI is InChI=1S/C13H26N2S/c1-2-12-3-7-14(8-4-12)11-13-5-9-15(16)10-6-13/h12-13,16H,2-11H2,1H3. The molecule has 0 aromatic rings. The normalized spacial score (nSPS) is 27.4. The molecule has 0 N–H and O–H groups in total. The predicted octanol–water partition coefficient (Wildman–Crippen LogP) is 2.67. The van der Waals surface area contributed by atoms with Gasteiger partial charge in [0.1, 0.15) is 0 Å². The van der Waals surface area contributed by atoms with E-state index in [2.05, 4.69) is 28.9 Å². The summed E-state index contributed by atoms with van der Waals surface area (Å²) in [6.45, 7) is 8.73. The predicted molar refractivity (Wildman–Crippen MR) is 72.7 cm³/mol. The lowest BCUT2D eigenvalue weighted by molar-refractivity contribution is 0.138. The van der Waals surface area contributed by atoms with E-state index < -0.39 is 0 Å². The molecule has 2 fully saturated rings. The third-order valence-electron chi connectivity index (χ3n) is 4.39. The van der Waals surface area contributed by atoms with Crippen LogP contribution in [-0.4, -0.2) is 41.9 Å². The van der Waals surface area contributed by atoms with Crippen LogP contribution in [0.4, 0.5) is 0 Å². The van der Waals surface area contributed by atoms with Crippen LogP contribution >= 0.6 is 12.8 Å². The number of thiol groups is 1. The first-order chi connectivity index (χ1) is 7.78. The van der Waals surface area contributed by atoms with Crippen molar-refractivity contribution in [3.05, 3.63) is 0 Å². The maximum absolute atomic E-state index is 4.41. The van der Waals surface area contributed by atoms with Crippen LogP contribution < -0.4 is 0 Å². The van der Waals surface area contributed by atoms with E-state index in [9.17, 15) is 0 Å². The Bertz CT molecular complexity index is 194. The molecule has 0 amide bonds. The highest BCUT2D eigenvalue weighted by molar-refractivity contribution is 7.77. The fourth-order valence-corrected chi connectivity index (χ4v) is 3.28. The van der Waals surface area contributed by atoms with Gasteiger partial charge in [0, 0.05) is 19.6 Å². The van der Waals surface area contributed by atoms with Gasteiger partial charge in [-0.05, 0) is 50.6 Å². The van der Waals surface area contributed by atoms with Gasteiger partial charge in [-0.25, -0.2) is 0 Å². The average Bonchev–Trinajstić information content (AvgIpc) is 2.33. The van der Waals surface area contributed by atoms with Crippen molar-refractivity contribution in [2.45, 2.75) is 39.0 Å². The van der Waals surface area contributed by atoms with E-state index in [1.165, 1.54) is 64.8 Å². The molecule has 2 aliphatic heterocycles. The molecule has 0 saturated carbocycles. The van der Waals surface area contributed by atoms with Crippen molar-refractivity contribution in [1.29, 1.82) is 0 Å². The molecule has 0 atom stereocenters. The number of piperidine rings is 2. The van der Waals surface area contributed by atoms with E-state index in [-0.39, 0.29) is 0 Å². The number of nitrogens with zero attached hydrogens (tertiary/aromatic N) is 2. The van der Waals surface area contributed by atoms with Crippen LogP contribution in [0.15, 0.2) is 0 Å². The molecule has 0 aromatic carbocycles. The second-order valence-electron chi connectivity index (χ2n) is 5.55. The Labute approximate surface area is 106 Å². The quantitative estimate of drug-likeness (QED) is 0.760. The summed E-state index contributed by atoms with van der Waals surface area (Å²) in [5.74, 6) is 1.94. The summed E-state index contributed by atoms with van der Waals surface area (Å²) in [5.41, 5.74) is 0. The Morgan fingerprint density at radius 3 is 2.06 bits per heavy atom. The van der Waals surface area contributed by atoms with Crippen LogP contribution in [0.3, 0.4) is 0 Å². The summed E-state index contributed by atoms with van der Waals surface area (Å²) in [7, 11) is 0. The molecule has 2 saturated heterocycles. The molecule has 2 nitrogen and oxygen atoms in total. The first kappa shape index (κ1) is 12.7. The average molecular weight is 242 g/mol. The number of hydrogen-bond acceptors (Lipinski definition) is 3. The molecule has 0 aromatic heterocycles. The molecule has 0 spiro atoms. The Morgan fingerprint density at radius 1 is 0.938 bits per heavy atom. The minimum atomic E-state index is 0.932. The molecule has 0 bridgehead atoms. The highest BCUT2D eigenvalue weighted by Gasteiger charge is 2.23. The lowest BCUT2D eigenvalue weighted by atomic mass is 9.92. The summed E-state index contributed by atoms with van der Waals surface area (Å²) in [6, 6.07) is 0. The molecular formula is C13H26N2S. The SMILES string of the molecule is CCC1CCN(CC2CCN(S)CC2)CC1. The zero-order valence-corrected chi connectivity index (χ0v) is 11.5. The first-order valence-corrected chi connectivity index (χ1v) is 7.34. The molecular weight excluding hydrogens is 216 g/mol. The van der Waals surface area contributed by atoms with Crippen molar-refractivity contribution >= 4 is 12.8 Å². The van der Waals surface area contributed by atoms with Gasteiger partial charge in [0.05, 0.1) is 0 Å². The molecule has 94 valence electrons. The molecule has 0 aliphatic carbocycles. The van der Waals surface area contributed by atoms with Crippen molar-refractivity contribution in [1.82, 2.24) is 9.21 Å². The molecule has 2 heterocycles. The molecule has 0 radical (unpaired) electrons.